The molecule has 0 aliphatic rings. The number of quaternary nitrogens is 10. The molecule has 0 fully saturated rings. The van der Waals surface area contributed by atoms with E-state index >= 15 is 0 Å². The van der Waals surface area contributed by atoms with Crippen molar-refractivity contribution in [3.05, 3.63) is 66.4 Å². The van der Waals surface area contributed by atoms with Crippen molar-refractivity contribution in [3.63, 3.8) is 0 Å². The van der Waals surface area contributed by atoms with Crippen LogP contribution < -0.4 is 47.4 Å². The summed E-state index contributed by atoms with van der Waals surface area (Å²) in [6.07, 6.45) is 9.06. The van der Waals surface area contributed by atoms with Gasteiger partial charge in [0.1, 0.15) is 57.5 Å². The van der Waals surface area contributed by atoms with Crippen molar-refractivity contribution in [2.24, 2.45) is 0 Å². The second-order valence-electron chi connectivity index (χ2n) is 49.0. The molecule has 0 saturated heterocycles. The molecule has 10 aromatic rings. The summed E-state index contributed by atoms with van der Waals surface area (Å²) >= 11 is 18.3. The minimum atomic E-state index is 0.549. The van der Waals surface area contributed by atoms with Crippen LogP contribution in [0.25, 0.3) is 87.8 Å². The van der Waals surface area contributed by atoms with E-state index in [9.17, 15) is 0 Å². The van der Waals surface area contributed by atoms with Gasteiger partial charge in [0.15, 0.2) is 0 Å². The Hall–Kier alpha value is -5.40. The lowest BCUT2D eigenvalue weighted by molar-refractivity contribution is -0.870. The van der Waals surface area contributed by atoms with Gasteiger partial charge in [0.05, 0.1) is 431 Å². The molecule has 0 saturated carbocycles. The summed E-state index contributed by atoms with van der Waals surface area (Å²) < 4.78 is 81.4. The molecule has 140 heavy (non-hydrogen) atoms. The molecule has 0 aliphatic heterocycles. The quantitative estimate of drug-likeness (QED) is 0.0271. The van der Waals surface area contributed by atoms with Crippen molar-refractivity contribution in [3.8, 4) is 145 Å². The van der Waals surface area contributed by atoms with Crippen LogP contribution in [0, 0.1) is 69.2 Å². The highest BCUT2D eigenvalue weighted by molar-refractivity contribution is 7.33. The highest BCUT2D eigenvalue weighted by Crippen LogP contribution is 2.65. The maximum absolute atomic E-state index is 7.54. The lowest BCUT2D eigenvalue weighted by Gasteiger charge is -2.23. The first-order chi connectivity index (χ1) is 64.9. The summed E-state index contributed by atoms with van der Waals surface area (Å²) in [5, 5.41) is 4.48. The zero-order valence-electron chi connectivity index (χ0n) is 94.0. The normalized spacial score (nSPS) is 13.0. The number of aryl methyl sites for hydroxylation is 1. The van der Waals surface area contributed by atoms with Crippen LogP contribution in [0.2, 0.25) is 0 Å². The molecule has 0 unspecified atom stereocenters. The molecule has 0 atom stereocenters. The van der Waals surface area contributed by atoms with E-state index in [0.717, 1.165) is 361 Å². The van der Waals surface area contributed by atoms with E-state index < -0.39 is 0 Å². The van der Waals surface area contributed by atoms with Gasteiger partial charge in [-0.1, -0.05) is 0 Å². The molecule has 0 radical (unpaired) electrons. The van der Waals surface area contributed by atoms with Gasteiger partial charge >= 0.3 is 0 Å². The van der Waals surface area contributed by atoms with Crippen LogP contribution in [0.1, 0.15) is 120 Å². The van der Waals surface area contributed by atoms with E-state index in [0.29, 0.717) is 66.1 Å². The Morgan fingerprint density at radius 1 is 0.157 bits per heavy atom. The monoisotopic (exact) mass is 2120 g/mol. The number of hydrogen-bond acceptors (Lipinski definition) is 20. The van der Waals surface area contributed by atoms with Crippen molar-refractivity contribution < 1.29 is 92.2 Å². The summed E-state index contributed by atoms with van der Waals surface area (Å²) in [4.78, 5) is 20.5. The van der Waals surface area contributed by atoms with Gasteiger partial charge < -0.3 is 92.2 Å². The summed E-state index contributed by atoms with van der Waals surface area (Å²) in [5.41, 5.74) is 11.2. The second-order valence-corrected chi connectivity index (χ2v) is 58.9. The van der Waals surface area contributed by atoms with Crippen molar-refractivity contribution in [1.29, 1.82) is 0 Å². The highest BCUT2D eigenvalue weighted by atomic mass is 32.1. The Labute approximate surface area is 886 Å². The maximum atomic E-state index is 7.54. The molecule has 0 spiro atoms. The summed E-state index contributed by atoms with van der Waals surface area (Å²) in [7, 11) is 68.0. The molecule has 782 valence electrons. The van der Waals surface area contributed by atoms with E-state index in [1.165, 1.54) is 14.6 Å². The number of nitrogens with zero attached hydrogens (tertiary/aromatic N) is 10. The second kappa shape index (κ2) is 48.3. The van der Waals surface area contributed by atoms with Crippen molar-refractivity contribution in [1.82, 2.24) is 0 Å². The first-order valence-electron chi connectivity index (χ1n) is 50.5. The SMILES string of the molecule is Cc1csc(-c2sc(-c3sc(-c4sc(-c5sc(-c6sc(-c7sc(-c8sc(-c9sc(-c%10scc(OCCC[N+](C)(C)C)c%10C)c(OCCC[N+](C)(C)C)c9C)c(OCCC[N+](C)(C)C)c8C)c(OCCC[N+](C)(C)C)c7C)c(OCCC[N+](C)(C)C)c6C)c(OCCC[N+](C)(C)C)c5C)c(OCCC[N+](C)(C)C)c4C)c(OCCC[N+](C)(C)C)c3C)c(OCCC[N+](C)(C)C)c2C)c1OCCC[N+](C)(C)C. The lowest BCUT2D eigenvalue weighted by atomic mass is 10.1. The Kier molecular flexibility index (Phi) is 40.2. The van der Waals surface area contributed by atoms with Gasteiger partial charge in [0.25, 0.3) is 0 Å². The molecule has 10 heterocycles. The van der Waals surface area contributed by atoms with Crippen LogP contribution >= 0.6 is 113 Å². The van der Waals surface area contributed by atoms with Crippen LogP contribution in [-0.4, -0.2) is 388 Å². The Morgan fingerprint density at radius 3 is 0.471 bits per heavy atom. The fraction of sp³-hybridized carbons (Fsp3) is 0.636. The average molecular weight is 2130 g/mol. The summed E-state index contributed by atoms with van der Waals surface area (Å²) in [6, 6.07) is 0. The predicted octanol–water partition coefficient (Wildman–Crippen LogP) is 25.1. The van der Waals surface area contributed by atoms with Crippen LogP contribution in [0.5, 0.6) is 57.5 Å². The molecule has 0 bridgehead atoms. The van der Waals surface area contributed by atoms with Crippen LogP contribution in [0.4, 0.5) is 0 Å². The van der Waals surface area contributed by atoms with Crippen LogP contribution in [-0.2, 0) is 0 Å². The number of thiophene rings is 10. The van der Waals surface area contributed by atoms with Crippen molar-refractivity contribution in [2.75, 3.05) is 343 Å². The van der Waals surface area contributed by atoms with Crippen molar-refractivity contribution >= 4 is 113 Å². The van der Waals surface area contributed by atoms with Gasteiger partial charge in [-0.2, -0.15) is 0 Å². The first-order valence-corrected chi connectivity index (χ1v) is 58.8. The molecule has 0 aliphatic carbocycles. The molecular weight excluding hydrogens is 1940 g/mol. The standard InChI is InChI=1S/C110H182N10O10S10/c1-73-71-131-102(84(73)122-62-42-52-112(14,15)16)94-75(3)86(124-64-44-54-114(20,21)22)104(133-94)96-77(5)88(126-66-46-56-116(26,27)28)106(135-96)98-79(7)90(128-68-48-58-118(32,33)34)108(137-98)100-81(9)92(130-70-50-60-120(38,39)40)110(139-100)101-82(10)91(129-69-49-59-119(35,36)37)109(140-101)99-80(8)89(127-67-47-57-117(29,30)31)107(138-99)97-78(6)87(125-65-45-55-115(23,24)25)105(136-97)95-76(4)85(123-63-43-53-113(17,18)19)103(134-95)93-74(2)83(72-132-93)121-61-41-51-111(11,12)13/h71-72H,41-70H2,1-40H3/q+10. The molecular formula is C110H182N10O10S10+10. The molecule has 20 nitrogen and oxygen atoms in total. The summed E-state index contributed by atoms with van der Waals surface area (Å²) in [6.45, 7) is 38.4. The highest BCUT2D eigenvalue weighted by Gasteiger charge is 2.38. The first kappa shape index (κ1) is 117. The zero-order valence-corrected chi connectivity index (χ0v) is 102. The van der Waals surface area contributed by atoms with E-state index in [-0.39, 0.29) is 0 Å². The molecule has 10 aromatic heterocycles. The van der Waals surface area contributed by atoms with Crippen molar-refractivity contribution in [2.45, 2.75) is 133 Å². The van der Waals surface area contributed by atoms with Gasteiger partial charge in [-0.25, -0.2) is 0 Å². The van der Waals surface area contributed by atoms with Gasteiger partial charge in [-0.3, -0.25) is 0 Å². The van der Waals surface area contributed by atoms with Gasteiger partial charge in [0, 0.05) is 125 Å². The minimum Gasteiger partial charge on any atom is -0.492 e. The molecule has 30 heteroatoms. The summed E-state index contributed by atoms with van der Waals surface area (Å²) in [5.74, 6) is 9.32. The third kappa shape index (κ3) is 32.8. The van der Waals surface area contributed by atoms with Crippen LogP contribution in [0.15, 0.2) is 10.8 Å². The Bertz CT molecular complexity index is 5710. The van der Waals surface area contributed by atoms with E-state index in [1.54, 1.807) is 22.7 Å². The maximum Gasteiger partial charge on any atom is 0.142 e. The fourth-order valence-corrected chi connectivity index (χ4v) is 30.7. The van der Waals surface area contributed by atoms with E-state index in [4.69, 9.17) is 47.4 Å². The van der Waals surface area contributed by atoms with Gasteiger partial charge in [-0.15, -0.1) is 113 Å². The van der Waals surface area contributed by atoms with Crippen LogP contribution in [0.3, 0.4) is 0 Å². The molecule has 0 N–H and O–H groups in total. The van der Waals surface area contributed by atoms with Gasteiger partial charge in [0.2, 0.25) is 0 Å². The fourth-order valence-electron chi connectivity index (χ4n) is 17.0. The third-order valence-electron chi connectivity index (χ3n) is 24.7. The Morgan fingerprint density at radius 2 is 0.300 bits per heavy atom. The topological polar surface area (TPSA) is 92.3 Å². The number of ether oxygens (including phenoxy) is 10. The lowest BCUT2D eigenvalue weighted by Crippen LogP contribution is -2.36. The minimum absolute atomic E-state index is 0.549. The largest absolute Gasteiger partial charge is 0.492 e. The Balaban J connectivity index is 1.22. The zero-order chi connectivity index (χ0) is 104. The average Bonchev–Trinajstić information content (AvgIpc) is 1.57. The third-order valence-corrected chi connectivity index (χ3v) is 38.5. The predicted molar refractivity (Wildman–Crippen MR) is 612 cm³/mol. The van der Waals surface area contributed by atoms with E-state index in [2.05, 4.69) is 291 Å². The number of hydrogen-bond donors (Lipinski definition) is 0. The van der Waals surface area contributed by atoms with Gasteiger partial charge in [-0.05, 0) is 74.6 Å². The molecule has 10 rings (SSSR count). The number of rotatable bonds is 59. The smallest absolute Gasteiger partial charge is 0.142 e. The molecule has 0 aromatic carbocycles. The molecule has 0 amide bonds. The van der Waals surface area contributed by atoms with E-state index in [1.807, 2.05) is 90.7 Å².